The van der Waals surface area contributed by atoms with Gasteiger partial charge >= 0.3 is 5.97 Å². The lowest BCUT2D eigenvalue weighted by Gasteiger charge is -2.24. The van der Waals surface area contributed by atoms with Gasteiger partial charge in [-0.15, -0.1) is 0 Å². The first-order chi connectivity index (χ1) is 19.1. The molecule has 0 aliphatic heterocycles. The van der Waals surface area contributed by atoms with Crippen LogP contribution in [-0.4, -0.2) is 27.0 Å². The molecule has 0 bridgehead atoms. The number of rotatable bonds is 12. The molecule has 4 aromatic rings. The van der Waals surface area contributed by atoms with E-state index < -0.39 is 17.9 Å². The molecule has 3 aromatic carbocycles. The van der Waals surface area contributed by atoms with Crippen molar-refractivity contribution >= 4 is 46.1 Å². The minimum Gasteiger partial charge on any atom is -0.481 e. The van der Waals surface area contributed by atoms with E-state index in [9.17, 15) is 14.7 Å². The fraction of sp³-hybridized carbons (Fsp3) is 0.344. The summed E-state index contributed by atoms with van der Waals surface area (Å²) < 4.78 is 0. The van der Waals surface area contributed by atoms with Gasteiger partial charge in [0.25, 0.3) is 0 Å². The predicted octanol–water partition coefficient (Wildman–Crippen LogP) is 8.10. The lowest BCUT2D eigenvalue weighted by molar-refractivity contribution is -0.141. The quantitative estimate of drug-likeness (QED) is 0.158. The summed E-state index contributed by atoms with van der Waals surface area (Å²) in [6.07, 6.45) is 1.61. The van der Waals surface area contributed by atoms with Crippen LogP contribution in [0.2, 0.25) is 10.0 Å². The van der Waals surface area contributed by atoms with Gasteiger partial charge in [-0.2, -0.15) is 0 Å². The molecule has 0 aliphatic carbocycles. The largest absolute Gasteiger partial charge is 0.481 e. The van der Waals surface area contributed by atoms with E-state index in [1.165, 1.54) is 0 Å². The van der Waals surface area contributed by atoms with Crippen molar-refractivity contribution in [2.24, 2.45) is 17.8 Å². The zero-order valence-corrected chi connectivity index (χ0v) is 24.5. The number of halogens is 2. The fourth-order valence-corrected chi connectivity index (χ4v) is 5.44. The van der Waals surface area contributed by atoms with Crippen molar-refractivity contribution in [2.75, 3.05) is 0 Å². The van der Waals surface area contributed by atoms with E-state index >= 15 is 0 Å². The molecule has 3 unspecified atom stereocenters. The van der Waals surface area contributed by atoms with Crippen molar-refractivity contribution < 1.29 is 14.7 Å². The minimum atomic E-state index is -0.993. The Kier molecular flexibility index (Phi) is 9.88. The molecule has 0 aliphatic rings. The number of hydrogen-bond acceptors (Lipinski definition) is 3. The molecule has 8 heteroatoms. The summed E-state index contributed by atoms with van der Waals surface area (Å²) in [4.78, 5) is 33.1. The van der Waals surface area contributed by atoms with Crippen molar-refractivity contribution in [3.8, 4) is 11.1 Å². The highest BCUT2D eigenvalue weighted by Crippen LogP contribution is 2.30. The molecule has 3 atom stereocenters. The van der Waals surface area contributed by atoms with Crippen LogP contribution in [0.3, 0.4) is 0 Å². The fourth-order valence-electron chi connectivity index (χ4n) is 5.12. The van der Waals surface area contributed by atoms with Crippen LogP contribution in [-0.2, 0) is 16.0 Å². The maximum Gasteiger partial charge on any atom is 0.304 e. The summed E-state index contributed by atoms with van der Waals surface area (Å²) in [6.45, 7) is 6.19. The molecule has 1 heterocycles. The van der Waals surface area contributed by atoms with Gasteiger partial charge in [-0.25, -0.2) is 4.98 Å². The van der Waals surface area contributed by atoms with Gasteiger partial charge in [0.2, 0.25) is 5.91 Å². The number of amides is 1. The number of aromatic amines is 1. The predicted molar refractivity (Wildman–Crippen MR) is 162 cm³/mol. The minimum absolute atomic E-state index is 0.108. The zero-order valence-electron chi connectivity index (χ0n) is 23.0. The Morgan fingerprint density at radius 2 is 1.57 bits per heavy atom. The number of H-pyrrole nitrogens is 1. The Bertz CT molecular complexity index is 1410. The number of fused-ring (bicyclic) bond motifs is 1. The third kappa shape index (κ3) is 7.86. The average molecular weight is 581 g/mol. The van der Waals surface area contributed by atoms with Gasteiger partial charge in [0.15, 0.2) is 0 Å². The number of hydrogen-bond donors (Lipinski definition) is 3. The first-order valence-corrected chi connectivity index (χ1v) is 14.4. The average Bonchev–Trinajstić information content (AvgIpc) is 3.31. The SMILES string of the molecule is CC(C)CC(NC(=O)C(CC(=O)O)CC(C)Cc1ccc(-c2ccccc2)cc1)c1nc2cc(Cl)c(Cl)cc2[nH]1. The second kappa shape index (κ2) is 13.3. The van der Waals surface area contributed by atoms with Crippen LogP contribution in [0.5, 0.6) is 0 Å². The van der Waals surface area contributed by atoms with Gasteiger partial charge in [-0.05, 0) is 59.9 Å². The number of carboxylic acids is 1. The molecule has 0 radical (unpaired) electrons. The van der Waals surface area contributed by atoms with E-state index in [0.29, 0.717) is 34.2 Å². The summed E-state index contributed by atoms with van der Waals surface area (Å²) in [6, 6.07) is 21.6. The van der Waals surface area contributed by atoms with Crippen LogP contribution in [0.25, 0.3) is 22.2 Å². The van der Waals surface area contributed by atoms with E-state index in [1.807, 2.05) is 18.2 Å². The molecular formula is C32H35Cl2N3O3. The highest BCUT2D eigenvalue weighted by molar-refractivity contribution is 6.42. The summed E-state index contributed by atoms with van der Waals surface area (Å²) in [5.41, 5.74) is 4.83. The van der Waals surface area contributed by atoms with Gasteiger partial charge in [-0.1, -0.05) is 98.6 Å². The van der Waals surface area contributed by atoms with Crippen LogP contribution >= 0.6 is 23.2 Å². The first-order valence-electron chi connectivity index (χ1n) is 13.6. The van der Waals surface area contributed by atoms with Crippen LogP contribution in [0.1, 0.15) is 57.5 Å². The van der Waals surface area contributed by atoms with Crippen LogP contribution in [0.4, 0.5) is 0 Å². The molecule has 0 saturated heterocycles. The van der Waals surface area contributed by atoms with Crippen LogP contribution < -0.4 is 5.32 Å². The molecule has 0 saturated carbocycles. The van der Waals surface area contributed by atoms with Crippen molar-refractivity contribution in [1.82, 2.24) is 15.3 Å². The molecule has 0 fully saturated rings. The second-order valence-corrected chi connectivity index (χ2v) is 11.8. The van der Waals surface area contributed by atoms with Crippen LogP contribution in [0.15, 0.2) is 66.7 Å². The molecule has 1 aromatic heterocycles. The normalized spacial score (nSPS) is 13.8. The van der Waals surface area contributed by atoms with E-state index in [1.54, 1.807) is 12.1 Å². The van der Waals surface area contributed by atoms with Gasteiger partial charge in [-0.3, -0.25) is 9.59 Å². The molecule has 4 rings (SSSR count). The Morgan fingerprint density at radius 1 is 0.925 bits per heavy atom. The van der Waals surface area contributed by atoms with E-state index in [-0.39, 0.29) is 24.2 Å². The van der Waals surface area contributed by atoms with Gasteiger partial charge < -0.3 is 15.4 Å². The molecule has 3 N–H and O–H groups in total. The number of nitrogens with zero attached hydrogens (tertiary/aromatic N) is 1. The Hall–Kier alpha value is -3.35. The standard InChI is InChI=1S/C32H35Cl2N3O3/c1-19(2)13-29(31-35-27-17-25(33)26(34)18-28(27)36-31)37-32(40)24(16-30(38)39)15-20(3)14-21-9-11-23(12-10-21)22-7-5-4-6-8-22/h4-12,17-20,24,29H,13-16H2,1-3H3,(H,35,36)(H,37,40)(H,38,39). The monoisotopic (exact) mass is 579 g/mol. The lowest BCUT2D eigenvalue weighted by Crippen LogP contribution is -2.37. The first kappa shape index (κ1) is 29.6. The number of benzene rings is 3. The van der Waals surface area contributed by atoms with E-state index in [0.717, 1.165) is 28.6 Å². The highest BCUT2D eigenvalue weighted by atomic mass is 35.5. The Morgan fingerprint density at radius 3 is 2.23 bits per heavy atom. The maximum atomic E-state index is 13.5. The number of carbonyl (C=O) groups is 2. The second-order valence-electron chi connectivity index (χ2n) is 11.0. The van der Waals surface area contributed by atoms with Gasteiger partial charge in [0.05, 0.1) is 33.5 Å². The highest BCUT2D eigenvalue weighted by Gasteiger charge is 2.28. The van der Waals surface area contributed by atoms with Gasteiger partial charge in [0, 0.05) is 5.92 Å². The third-order valence-corrected chi connectivity index (χ3v) is 7.74. The number of aromatic nitrogens is 2. The molecule has 6 nitrogen and oxygen atoms in total. The Balaban J connectivity index is 1.46. The number of imidazole rings is 1. The summed E-state index contributed by atoms with van der Waals surface area (Å²) in [7, 11) is 0. The molecular weight excluding hydrogens is 545 g/mol. The molecule has 1 amide bonds. The molecule has 210 valence electrons. The van der Waals surface area contributed by atoms with Crippen molar-refractivity contribution in [2.45, 2.75) is 52.5 Å². The number of nitrogens with one attached hydrogen (secondary N) is 2. The summed E-state index contributed by atoms with van der Waals surface area (Å²) in [5.74, 6) is -0.975. The van der Waals surface area contributed by atoms with Gasteiger partial charge in [0.1, 0.15) is 5.82 Å². The third-order valence-electron chi connectivity index (χ3n) is 7.02. The molecule has 40 heavy (non-hydrogen) atoms. The molecule has 0 spiro atoms. The van der Waals surface area contributed by atoms with Crippen molar-refractivity contribution in [3.63, 3.8) is 0 Å². The number of carboxylic acid groups (broad SMARTS) is 1. The van der Waals surface area contributed by atoms with Crippen LogP contribution in [0, 0.1) is 17.8 Å². The van der Waals surface area contributed by atoms with Crippen molar-refractivity contribution in [3.05, 3.63) is 88.2 Å². The maximum absolute atomic E-state index is 13.5. The van der Waals surface area contributed by atoms with E-state index in [2.05, 4.69) is 72.5 Å². The number of aliphatic carboxylic acids is 1. The Labute approximate surface area is 245 Å². The van der Waals surface area contributed by atoms with Crippen molar-refractivity contribution in [1.29, 1.82) is 0 Å². The van der Waals surface area contributed by atoms with E-state index in [4.69, 9.17) is 23.2 Å². The topological polar surface area (TPSA) is 95.1 Å². The summed E-state index contributed by atoms with van der Waals surface area (Å²) >= 11 is 12.3. The number of carbonyl (C=O) groups excluding carboxylic acids is 1. The zero-order chi connectivity index (χ0) is 28.8. The summed E-state index contributed by atoms with van der Waals surface area (Å²) in [5, 5.41) is 13.5. The smallest absolute Gasteiger partial charge is 0.304 e. The lowest BCUT2D eigenvalue weighted by atomic mass is 9.87.